The molecule has 1 fully saturated rings. The van der Waals surface area contributed by atoms with Crippen LogP contribution in [0.15, 0.2) is 16.7 Å². The summed E-state index contributed by atoms with van der Waals surface area (Å²) in [4.78, 5) is 0. The standard InChI is InChI=1S/C48H24B12F12N6/c49-25-16(26(50)32(56)19(31(25)55)22-43(67)37(61)10(4-76)38(62)44(22)68)7(1-73)13-14(8(2-74)17-27(51)33(57)20(34(58)28(17)52)23-45(69)39(63)11(5-77)40(64)46(23)70)15(13)9(3-75)18-29(53)35(59)21(36(60)30(18)54)24-47(71)41(65)12(6-78)42(66)48(24)72/h49-60H2. The number of rotatable bonds is 6. The summed E-state index contributed by atoms with van der Waals surface area (Å²) >= 11 is 0. The molecule has 0 amide bonds. The van der Waals surface area contributed by atoms with Crippen LogP contribution < -0.4 is 65.6 Å². The van der Waals surface area contributed by atoms with Gasteiger partial charge in [-0.05, 0) is 33.4 Å². The summed E-state index contributed by atoms with van der Waals surface area (Å²) in [7, 11) is 16.5. The highest BCUT2D eigenvalue weighted by Crippen LogP contribution is 2.55. The van der Waals surface area contributed by atoms with Crippen LogP contribution in [0, 0.1) is 138 Å². The summed E-state index contributed by atoms with van der Waals surface area (Å²) in [5.74, 6) is -23.1. The molecule has 30 heteroatoms. The van der Waals surface area contributed by atoms with Crippen molar-refractivity contribution in [2.24, 2.45) is 0 Å². The molecule has 0 aliphatic heterocycles. The summed E-state index contributed by atoms with van der Waals surface area (Å²) in [6.07, 6.45) is 0. The van der Waals surface area contributed by atoms with E-state index >= 15 is 52.7 Å². The van der Waals surface area contributed by atoms with Crippen LogP contribution in [0.25, 0.3) is 50.1 Å². The molecule has 7 rings (SSSR count). The quantitative estimate of drug-likeness (QED) is 0.0703. The maximum Gasteiger partial charge on any atom is 0.180 e. The van der Waals surface area contributed by atoms with Gasteiger partial charge in [-0.2, -0.15) is 31.6 Å². The zero-order valence-electron chi connectivity index (χ0n) is 43.2. The number of halogens is 12. The summed E-state index contributed by atoms with van der Waals surface area (Å²) in [5.41, 5.74) is -9.65. The normalized spacial score (nSPS) is 11.5. The second kappa shape index (κ2) is 20.4. The second-order valence-electron chi connectivity index (χ2n) is 18.7. The second-order valence-corrected chi connectivity index (χ2v) is 18.7. The molecule has 1 saturated carbocycles. The average molecular weight is 1040 g/mol. The van der Waals surface area contributed by atoms with E-state index in [0.717, 1.165) is 18.2 Å². The van der Waals surface area contributed by atoms with E-state index in [9.17, 15) is 31.6 Å². The molecule has 0 N–H and O–H groups in total. The number of benzene rings is 6. The van der Waals surface area contributed by atoms with Gasteiger partial charge in [-0.15, -0.1) is 0 Å². The van der Waals surface area contributed by atoms with E-state index in [-0.39, 0.29) is 132 Å². The van der Waals surface area contributed by atoms with E-state index in [2.05, 4.69) is 18.2 Å². The first-order valence-electron chi connectivity index (χ1n) is 23.1. The van der Waals surface area contributed by atoms with Crippen molar-refractivity contribution in [3.63, 3.8) is 0 Å². The fourth-order valence-corrected chi connectivity index (χ4v) is 10.7. The molecule has 0 bridgehead atoms. The van der Waals surface area contributed by atoms with E-state index < -0.39 is 103 Å². The van der Waals surface area contributed by atoms with Crippen molar-refractivity contribution >= 4 is 176 Å². The third-order valence-corrected chi connectivity index (χ3v) is 15.3. The van der Waals surface area contributed by atoms with E-state index in [0.29, 0.717) is 0 Å². The number of hydrogen-bond donors (Lipinski definition) is 0. The number of nitrogens with zero attached hydrogens (tertiary/aromatic N) is 6. The fraction of sp³-hybridized carbons (Fsp3) is 0. The summed E-state index contributed by atoms with van der Waals surface area (Å²) < 4.78 is 186. The van der Waals surface area contributed by atoms with Crippen LogP contribution in [0.5, 0.6) is 0 Å². The third kappa shape index (κ3) is 7.95. The van der Waals surface area contributed by atoms with E-state index in [4.69, 9.17) is 0 Å². The van der Waals surface area contributed by atoms with Crippen molar-refractivity contribution in [3.8, 4) is 69.8 Å². The highest BCUT2D eigenvalue weighted by atomic mass is 19.2. The van der Waals surface area contributed by atoms with Crippen LogP contribution in [0.1, 0.15) is 33.4 Å². The minimum Gasteiger partial charge on any atom is -0.203 e. The van der Waals surface area contributed by atoms with Gasteiger partial charge in [-0.25, -0.2) is 52.7 Å². The zero-order chi connectivity index (χ0) is 58.5. The number of allylic oxidation sites excluding steroid dienone is 6. The molecule has 1 aliphatic rings. The first-order valence-corrected chi connectivity index (χ1v) is 23.1. The SMILES string of the molecule is Bc1c(B)c(-c2c(F)c(F)c(C#N)c(F)c2F)c(B)c(B)c1C(C#N)=C1C(=C(C#N)c2c(B)c(B)c(-c3c(F)c(F)c(C#N)c(F)c3F)c(B)c2B)C1=C(C#N)c1c(B)c(B)c(-c2c(F)c(F)c(C#N)c(F)c2F)c(B)c1B. The summed E-state index contributed by atoms with van der Waals surface area (Å²) in [6.45, 7) is 0. The van der Waals surface area contributed by atoms with Crippen LogP contribution in [0.2, 0.25) is 0 Å². The molecular weight excluding hydrogens is 1020 g/mol. The lowest BCUT2D eigenvalue weighted by Crippen LogP contribution is -2.46. The van der Waals surface area contributed by atoms with Gasteiger partial charge in [0.2, 0.25) is 0 Å². The van der Waals surface area contributed by atoms with Crippen LogP contribution in [0.3, 0.4) is 0 Å². The molecule has 6 aromatic carbocycles. The van der Waals surface area contributed by atoms with Crippen molar-refractivity contribution in [2.45, 2.75) is 0 Å². The molecule has 78 heavy (non-hydrogen) atoms. The van der Waals surface area contributed by atoms with Crippen molar-refractivity contribution in [1.82, 2.24) is 0 Å². The lowest BCUT2D eigenvalue weighted by molar-refractivity contribution is 0.454. The van der Waals surface area contributed by atoms with Crippen molar-refractivity contribution in [1.29, 1.82) is 31.6 Å². The van der Waals surface area contributed by atoms with E-state index in [1.54, 1.807) is 0 Å². The Kier molecular flexibility index (Phi) is 15.0. The Morgan fingerprint density at radius 1 is 0.231 bits per heavy atom. The lowest BCUT2D eigenvalue weighted by atomic mass is 9.62. The van der Waals surface area contributed by atoms with Gasteiger partial charge in [-0.3, -0.25) is 0 Å². The van der Waals surface area contributed by atoms with Crippen LogP contribution in [-0.2, 0) is 0 Å². The largest absolute Gasteiger partial charge is 0.203 e. The molecule has 6 aromatic rings. The Bertz CT molecular complexity index is 3670. The predicted octanol–water partition coefficient (Wildman–Crippen LogP) is -8.68. The van der Waals surface area contributed by atoms with Gasteiger partial charge >= 0.3 is 0 Å². The minimum absolute atomic E-state index is 0.0205. The zero-order valence-corrected chi connectivity index (χ0v) is 43.2. The van der Waals surface area contributed by atoms with Crippen molar-refractivity contribution in [3.05, 3.63) is 120 Å². The van der Waals surface area contributed by atoms with Crippen molar-refractivity contribution < 1.29 is 52.7 Å². The number of hydrogen-bond acceptors (Lipinski definition) is 6. The lowest BCUT2D eigenvalue weighted by Gasteiger charge is -2.23. The topological polar surface area (TPSA) is 143 Å². The Labute approximate surface area is 448 Å². The third-order valence-electron chi connectivity index (χ3n) is 15.3. The van der Waals surface area contributed by atoms with Gasteiger partial charge in [-0.1, -0.05) is 65.6 Å². The molecule has 0 saturated heterocycles. The molecule has 0 aromatic heterocycles. The van der Waals surface area contributed by atoms with E-state index in [1.807, 2.05) is 0 Å². The maximum atomic E-state index is 15.8. The molecular formula is C48H24B12F12N6. The average Bonchev–Trinajstić information content (AvgIpc) is 4.30. The smallest absolute Gasteiger partial charge is 0.180 e. The van der Waals surface area contributed by atoms with Crippen LogP contribution >= 0.6 is 0 Å². The van der Waals surface area contributed by atoms with Gasteiger partial charge < -0.3 is 0 Å². The highest BCUT2D eigenvalue weighted by Gasteiger charge is 2.44. The number of nitriles is 6. The van der Waals surface area contributed by atoms with Gasteiger partial charge in [0, 0.05) is 16.7 Å². The van der Waals surface area contributed by atoms with Crippen molar-refractivity contribution in [2.75, 3.05) is 0 Å². The molecule has 366 valence electrons. The van der Waals surface area contributed by atoms with Gasteiger partial charge in [0.1, 0.15) is 147 Å². The molecule has 1 aliphatic carbocycles. The molecule has 6 nitrogen and oxygen atoms in total. The van der Waals surface area contributed by atoms with Gasteiger partial charge in [0.15, 0.2) is 69.8 Å². The Hall–Kier alpha value is -8.58. The first-order chi connectivity index (χ1) is 36.5. The van der Waals surface area contributed by atoms with E-state index in [1.165, 1.54) is 94.2 Å². The predicted molar refractivity (Wildman–Crippen MR) is 305 cm³/mol. The van der Waals surface area contributed by atoms with Gasteiger partial charge in [0.05, 0.1) is 33.4 Å². The summed E-state index contributed by atoms with van der Waals surface area (Å²) in [5, 5.41) is 61.8. The maximum absolute atomic E-state index is 15.8. The molecule has 0 spiro atoms. The minimum atomic E-state index is -1.97. The summed E-state index contributed by atoms with van der Waals surface area (Å²) in [6, 6.07) is 9.64. The highest BCUT2D eigenvalue weighted by molar-refractivity contribution is 6.64. The van der Waals surface area contributed by atoms with Crippen LogP contribution in [0.4, 0.5) is 52.7 Å². The fourth-order valence-electron chi connectivity index (χ4n) is 10.7. The Morgan fingerprint density at radius 2 is 0.385 bits per heavy atom. The van der Waals surface area contributed by atoms with Crippen LogP contribution in [-0.4, -0.2) is 94.2 Å². The molecule has 0 radical (unpaired) electrons. The monoisotopic (exact) mass is 1040 g/mol. The Balaban J connectivity index is 1.68. The Morgan fingerprint density at radius 3 is 0.513 bits per heavy atom. The van der Waals surface area contributed by atoms with Gasteiger partial charge in [0.25, 0.3) is 0 Å². The molecule has 0 heterocycles. The first kappa shape index (κ1) is 57.1. The molecule has 0 unspecified atom stereocenters. The molecule has 0 atom stereocenters.